The second-order valence-corrected chi connectivity index (χ2v) is 5.45. The van der Waals surface area contributed by atoms with Gasteiger partial charge < -0.3 is 19.9 Å². The number of phenolic OH excluding ortho intramolecular Hbond substituents is 1. The van der Waals surface area contributed by atoms with Gasteiger partial charge in [0.1, 0.15) is 11.6 Å². The molecule has 1 atom stereocenters. The number of anilines is 1. The molecule has 0 aliphatic rings. The summed E-state index contributed by atoms with van der Waals surface area (Å²) in [6.45, 7) is 1.70. The van der Waals surface area contributed by atoms with E-state index in [1.807, 2.05) is 0 Å². The van der Waals surface area contributed by atoms with Crippen LogP contribution in [0.2, 0.25) is 0 Å². The number of carbonyl (C=O) groups excluding carboxylic acids is 1. The third kappa shape index (κ3) is 3.55. The highest BCUT2D eigenvalue weighted by Crippen LogP contribution is 2.30. The lowest BCUT2D eigenvalue weighted by Crippen LogP contribution is -2.40. The van der Waals surface area contributed by atoms with E-state index < -0.39 is 17.3 Å². The number of benzene rings is 2. The summed E-state index contributed by atoms with van der Waals surface area (Å²) >= 11 is 0. The lowest BCUT2D eigenvalue weighted by molar-refractivity contribution is -0.137. The molecule has 0 bridgehead atoms. The van der Waals surface area contributed by atoms with Crippen LogP contribution < -0.4 is 5.32 Å². The molecule has 128 valence electrons. The number of methoxy groups -OCH3 is 2. The van der Waals surface area contributed by atoms with Crippen LogP contribution in [0.5, 0.6) is 5.75 Å². The lowest BCUT2D eigenvalue weighted by atomic mass is 9.93. The minimum absolute atomic E-state index is 0.0589. The Bertz CT molecular complexity index is 735. The molecule has 2 aromatic rings. The highest BCUT2D eigenvalue weighted by atomic mass is 19.1. The predicted octanol–water partition coefficient (Wildman–Crippen LogP) is 3.18. The molecule has 0 fully saturated rings. The molecule has 6 heteroatoms. The van der Waals surface area contributed by atoms with Crippen LogP contribution in [0.3, 0.4) is 0 Å². The highest BCUT2D eigenvalue weighted by molar-refractivity contribution is 5.98. The zero-order chi connectivity index (χ0) is 17.7. The van der Waals surface area contributed by atoms with Gasteiger partial charge in [-0.05, 0) is 31.2 Å². The molecule has 0 aromatic heterocycles. The largest absolute Gasteiger partial charge is 0.508 e. The molecule has 0 aliphatic heterocycles. The average Bonchev–Trinajstić information content (AvgIpc) is 2.57. The van der Waals surface area contributed by atoms with Crippen molar-refractivity contribution in [1.82, 2.24) is 0 Å². The fourth-order valence-corrected chi connectivity index (χ4v) is 2.39. The van der Waals surface area contributed by atoms with E-state index in [1.165, 1.54) is 45.4 Å². The third-order valence-corrected chi connectivity index (χ3v) is 3.87. The number of rotatable bonds is 6. The van der Waals surface area contributed by atoms with Crippen molar-refractivity contribution in [3.8, 4) is 5.75 Å². The number of hydrogen-bond acceptors (Lipinski definition) is 4. The quantitative estimate of drug-likeness (QED) is 0.797. The Hall–Kier alpha value is -2.44. The number of halogens is 1. The van der Waals surface area contributed by atoms with Crippen molar-refractivity contribution in [2.45, 2.75) is 19.1 Å². The first-order valence-electron chi connectivity index (χ1n) is 7.34. The van der Waals surface area contributed by atoms with Crippen molar-refractivity contribution in [3.63, 3.8) is 0 Å². The minimum Gasteiger partial charge on any atom is -0.508 e. The van der Waals surface area contributed by atoms with Gasteiger partial charge in [-0.15, -0.1) is 0 Å². The van der Waals surface area contributed by atoms with Crippen LogP contribution in [-0.2, 0) is 26.5 Å². The molecule has 2 N–H and O–H groups in total. The fraction of sp³-hybridized carbons (Fsp3) is 0.278. The minimum atomic E-state index is -1.51. The summed E-state index contributed by atoms with van der Waals surface area (Å²) in [7, 11) is 2.85. The van der Waals surface area contributed by atoms with Crippen LogP contribution >= 0.6 is 0 Å². The number of nitrogens with one attached hydrogen (secondary N) is 1. The van der Waals surface area contributed by atoms with E-state index in [0.717, 1.165) is 0 Å². The summed E-state index contributed by atoms with van der Waals surface area (Å²) < 4.78 is 24.5. The SMILES string of the molecule is COCc1cc(O)ccc1NC(=O)C(C)(OC)c1ccccc1F. The van der Waals surface area contributed by atoms with Gasteiger partial charge in [0.05, 0.1) is 6.61 Å². The molecule has 5 nitrogen and oxygen atoms in total. The van der Waals surface area contributed by atoms with E-state index in [2.05, 4.69) is 5.32 Å². The van der Waals surface area contributed by atoms with Gasteiger partial charge in [-0.3, -0.25) is 4.79 Å². The van der Waals surface area contributed by atoms with Crippen LogP contribution in [0.15, 0.2) is 42.5 Å². The monoisotopic (exact) mass is 333 g/mol. The van der Waals surface area contributed by atoms with Crippen LogP contribution in [-0.4, -0.2) is 25.2 Å². The van der Waals surface area contributed by atoms with Gasteiger partial charge in [0.25, 0.3) is 5.91 Å². The maximum absolute atomic E-state index is 14.1. The zero-order valence-corrected chi connectivity index (χ0v) is 13.8. The van der Waals surface area contributed by atoms with Gasteiger partial charge in [-0.1, -0.05) is 18.2 Å². The van der Waals surface area contributed by atoms with E-state index in [9.17, 15) is 14.3 Å². The lowest BCUT2D eigenvalue weighted by Gasteiger charge is -2.28. The summed E-state index contributed by atoms with van der Waals surface area (Å²) in [6, 6.07) is 10.5. The molecular formula is C18H20FNO4. The van der Waals surface area contributed by atoms with Gasteiger partial charge >= 0.3 is 0 Å². The van der Waals surface area contributed by atoms with Crippen LogP contribution in [0.25, 0.3) is 0 Å². The normalized spacial score (nSPS) is 13.3. The van der Waals surface area contributed by atoms with Crippen LogP contribution in [0.1, 0.15) is 18.1 Å². The molecule has 0 aliphatic carbocycles. The molecule has 0 saturated carbocycles. The van der Waals surface area contributed by atoms with E-state index in [-0.39, 0.29) is 17.9 Å². The van der Waals surface area contributed by atoms with Crippen LogP contribution in [0.4, 0.5) is 10.1 Å². The molecule has 2 aromatic carbocycles. The maximum Gasteiger partial charge on any atom is 0.261 e. The zero-order valence-electron chi connectivity index (χ0n) is 13.8. The fourth-order valence-electron chi connectivity index (χ4n) is 2.39. The van der Waals surface area contributed by atoms with E-state index in [1.54, 1.807) is 18.2 Å². The molecule has 2 rings (SSSR count). The molecule has 0 radical (unpaired) electrons. The average molecular weight is 333 g/mol. The van der Waals surface area contributed by atoms with Crippen molar-refractivity contribution in [1.29, 1.82) is 0 Å². The Morgan fingerprint density at radius 3 is 2.58 bits per heavy atom. The van der Waals surface area contributed by atoms with Gasteiger partial charge in [0.15, 0.2) is 5.60 Å². The smallest absolute Gasteiger partial charge is 0.261 e. The van der Waals surface area contributed by atoms with E-state index in [0.29, 0.717) is 11.3 Å². The van der Waals surface area contributed by atoms with Gasteiger partial charge in [-0.25, -0.2) is 4.39 Å². The van der Waals surface area contributed by atoms with Crippen molar-refractivity contribution < 1.29 is 23.8 Å². The second kappa shape index (κ2) is 7.42. The standard InChI is InChI=1S/C18H20FNO4/c1-18(24-3,14-6-4-5-7-15(14)19)17(22)20-16-9-8-13(21)10-12(16)11-23-2/h4-10,21H,11H2,1-3H3,(H,20,22). The third-order valence-electron chi connectivity index (χ3n) is 3.87. The first-order chi connectivity index (χ1) is 11.4. The van der Waals surface area contributed by atoms with E-state index >= 15 is 0 Å². The molecule has 0 saturated heterocycles. The first kappa shape index (κ1) is 17.9. The first-order valence-corrected chi connectivity index (χ1v) is 7.34. The van der Waals surface area contributed by atoms with Crippen molar-refractivity contribution in [3.05, 3.63) is 59.4 Å². The van der Waals surface area contributed by atoms with Gasteiger partial charge in [0, 0.05) is 31.0 Å². The maximum atomic E-state index is 14.1. The topological polar surface area (TPSA) is 67.8 Å². The molecule has 0 heterocycles. The Morgan fingerprint density at radius 2 is 1.96 bits per heavy atom. The predicted molar refractivity (Wildman–Crippen MR) is 88.2 cm³/mol. The summed E-state index contributed by atoms with van der Waals surface area (Å²) in [5.41, 5.74) is -0.317. The molecule has 1 unspecified atom stereocenters. The van der Waals surface area contributed by atoms with Crippen molar-refractivity contribution in [2.75, 3.05) is 19.5 Å². The molecule has 0 spiro atoms. The molecule has 24 heavy (non-hydrogen) atoms. The summed E-state index contributed by atoms with van der Waals surface area (Å²) in [5.74, 6) is -0.998. The van der Waals surface area contributed by atoms with E-state index in [4.69, 9.17) is 9.47 Å². The van der Waals surface area contributed by atoms with Crippen LogP contribution in [0, 0.1) is 5.82 Å². The highest BCUT2D eigenvalue weighted by Gasteiger charge is 2.37. The Morgan fingerprint density at radius 1 is 1.25 bits per heavy atom. The molecule has 1 amide bonds. The number of carbonyl (C=O) groups is 1. The number of phenols is 1. The Balaban J connectivity index is 2.35. The summed E-state index contributed by atoms with van der Waals surface area (Å²) in [4.78, 5) is 12.8. The Labute approximate surface area is 140 Å². The molecular weight excluding hydrogens is 313 g/mol. The number of ether oxygens (including phenoxy) is 2. The number of hydrogen-bond donors (Lipinski definition) is 2. The summed E-state index contributed by atoms with van der Waals surface area (Å²) in [6.07, 6.45) is 0. The Kier molecular flexibility index (Phi) is 5.54. The van der Waals surface area contributed by atoms with Gasteiger partial charge in [0.2, 0.25) is 0 Å². The summed E-state index contributed by atoms with van der Waals surface area (Å²) in [5, 5.41) is 12.3. The van der Waals surface area contributed by atoms with Crippen molar-refractivity contribution in [2.24, 2.45) is 0 Å². The van der Waals surface area contributed by atoms with Crippen molar-refractivity contribution >= 4 is 11.6 Å². The second-order valence-electron chi connectivity index (χ2n) is 5.45. The number of amides is 1. The number of aromatic hydroxyl groups is 1. The van der Waals surface area contributed by atoms with Gasteiger partial charge in [-0.2, -0.15) is 0 Å².